The van der Waals surface area contributed by atoms with Gasteiger partial charge in [-0.15, -0.1) is 5.10 Å². The first-order chi connectivity index (χ1) is 15.1. The minimum atomic E-state index is 0.0561. The smallest absolute Gasteiger partial charge is 0.260 e. The Morgan fingerprint density at radius 1 is 1.23 bits per heavy atom. The van der Waals surface area contributed by atoms with Gasteiger partial charge in [0, 0.05) is 18.3 Å². The highest BCUT2D eigenvalue weighted by atomic mass is 16.5. The number of rotatable bonds is 5. The Hall–Kier alpha value is -3.13. The van der Waals surface area contributed by atoms with Crippen molar-refractivity contribution in [3.05, 3.63) is 48.1 Å². The standard InChI is InChI=1S/C23H27N5O3/c1-28(10-5-2-6-11-28)12-14-31-23-22(19-7-3-4-9-27(19)26-23)25-17-16-21-18(15-20(17)29)24-8-13-30-21/h3-4,7,9,15-16H,2,5-6,8,10-14H2,1H3/p+1/b25-17+. The number of likely N-dealkylation sites (tertiary alicyclic amines) is 1. The van der Waals surface area contributed by atoms with Crippen LogP contribution >= 0.6 is 0 Å². The van der Waals surface area contributed by atoms with E-state index in [2.05, 4.69) is 17.1 Å². The Bertz CT molecular complexity index is 1110. The second-order valence-electron chi connectivity index (χ2n) is 8.53. The number of aliphatic hydroxyl groups is 1. The van der Waals surface area contributed by atoms with E-state index in [0.717, 1.165) is 16.5 Å². The maximum Gasteiger partial charge on any atom is 0.260 e. The Labute approximate surface area is 181 Å². The molecule has 0 aromatic carbocycles. The summed E-state index contributed by atoms with van der Waals surface area (Å²) in [6, 6.07) is 5.80. The number of fused-ring (bicyclic) bond motifs is 2. The number of likely N-dealkylation sites (N-methyl/N-ethyl adjacent to an activating group) is 1. The van der Waals surface area contributed by atoms with Crippen molar-refractivity contribution >= 4 is 22.6 Å². The van der Waals surface area contributed by atoms with Crippen LogP contribution in [0.15, 0.2) is 58.1 Å². The average molecular weight is 423 g/mol. The largest absolute Gasteiger partial charge is 0.506 e. The SMILES string of the molecule is C[N+]1(CCOc2nn3ccccc3c2/N=C2\C=C3OCCN=C3C=C2O)CCCCC1. The van der Waals surface area contributed by atoms with Gasteiger partial charge in [0.25, 0.3) is 5.88 Å². The minimum Gasteiger partial charge on any atom is -0.506 e. The molecular formula is C23H28N5O3+. The van der Waals surface area contributed by atoms with Gasteiger partial charge in [0.1, 0.15) is 42.7 Å². The molecule has 2 aromatic rings. The molecule has 0 radical (unpaired) electrons. The van der Waals surface area contributed by atoms with E-state index in [-0.39, 0.29) is 5.76 Å². The summed E-state index contributed by atoms with van der Waals surface area (Å²) in [7, 11) is 2.30. The Kier molecular flexibility index (Phi) is 5.23. The van der Waals surface area contributed by atoms with Crippen LogP contribution in [0, 0.1) is 0 Å². The number of aliphatic hydroxyl groups excluding tert-OH is 1. The number of hydrogen-bond acceptors (Lipinski definition) is 6. The molecule has 0 atom stereocenters. The van der Waals surface area contributed by atoms with Gasteiger partial charge in [-0.3, -0.25) is 4.99 Å². The van der Waals surface area contributed by atoms with Gasteiger partial charge in [0.2, 0.25) is 0 Å². The Morgan fingerprint density at radius 3 is 2.97 bits per heavy atom. The molecule has 1 aliphatic carbocycles. The van der Waals surface area contributed by atoms with E-state index in [1.165, 1.54) is 32.4 Å². The number of piperidine rings is 1. The normalized spacial score (nSPS) is 21.7. The summed E-state index contributed by atoms with van der Waals surface area (Å²) in [5.74, 6) is 1.16. The zero-order chi connectivity index (χ0) is 21.3. The van der Waals surface area contributed by atoms with Gasteiger partial charge in [-0.05, 0) is 31.4 Å². The highest BCUT2D eigenvalue weighted by molar-refractivity contribution is 6.22. The highest BCUT2D eigenvalue weighted by Gasteiger charge is 2.26. The number of hydrogen-bond donors (Lipinski definition) is 1. The lowest BCUT2D eigenvalue weighted by atomic mass is 10.1. The molecule has 8 heteroatoms. The van der Waals surface area contributed by atoms with Gasteiger partial charge in [0.15, 0.2) is 5.69 Å². The number of aromatic nitrogens is 2. The molecule has 31 heavy (non-hydrogen) atoms. The van der Waals surface area contributed by atoms with Crippen LogP contribution in [-0.2, 0) is 4.74 Å². The van der Waals surface area contributed by atoms with Crippen molar-refractivity contribution in [2.45, 2.75) is 19.3 Å². The maximum atomic E-state index is 10.5. The number of pyridine rings is 1. The van der Waals surface area contributed by atoms with Crippen molar-refractivity contribution in [3.63, 3.8) is 0 Å². The van der Waals surface area contributed by atoms with Gasteiger partial charge in [-0.25, -0.2) is 9.51 Å². The average Bonchev–Trinajstić information content (AvgIpc) is 3.12. The molecular weight excluding hydrogens is 394 g/mol. The first-order valence-corrected chi connectivity index (χ1v) is 10.9. The predicted molar refractivity (Wildman–Crippen MR) is 119 cm³/mol. The number of ether oxygens (including phenoxy) is 2. The van der Waals surface area contributed by atoms with Crippen LogP contribution in [0.25, 0.3) is 5.52 Å². The fourth-order valence-corrected chi connectivity index (χ4v) is 4.35. The molecule has 0 bridgehead atoms. The lowest BCUT2D eigenvalue weighted by Crippen LogP contribution is -2.50. The van der Waals surface area contributed by atoms with Crippen molar-refractivity contribution in [3.8, 4) is 5.88 Å². The van der Waals surface area contributed by atoms with Crippen LogP contribution < -0.4 is 4.74 Å². The fourth-order valence-electron chi connectivity index (χ4n) is 4.35. The van der Waals surface area contributed by atoms with E-state index < -0.39 is 0 Å². The van der Waals surface area contributed by atoms with Crippen LogP contribution in [0.2, 0.25) is 0 Å². The molecule has 3 aliphatic rings. The zero-order valence-electron chi connectivity index (χ0n) is 17.8. The molecule has 2 aromatic heterocycles. The van der Waals surface area contributed by atoms with Gasteiger partial charge in [0.05, 0.1) is 32.2 Å². The number of aliphatic imine (C=N–C) groups is 2. The molecule has 4 heterocycles. The molecule has 2 aliphatic heterocycles. The summed E-state index contributed by atoms with van der Waals surface area (Å²) in [6.45, 7) is 5.01. The van der Waals surface area contributed by atoms with Crippen LogP contribution in [-0.4, -0.2) is 77.1 Å². The Balaban J connectivity index is 1.44. The van der Waals surface area contributed by atoms with Gasteiger partial charge >= 0.3 is 0 Å². The summed E-state index contributed by atoms with van der Waals surface area (Å²) >= 11 is 0. The van der Waals surface area contributed by atoms with Crippen LogP contribution in [0.5, 0.6) is 5.88 Å². The lowest BCUT2D eigenvalue weighted by molar-refractivity contribution is -0.914. The van der Waals surface area contributed by atoms with Crippen LogP contribution in [0.3, 0.4) is 0 Å². The molecule has 5 rings (SSSR count). The molecule has 1 saturated heterocycles. The van der Waals surface area contributed by atoms with Crippen LogP contribution in [0.4, 0.5) is 5.69 Å². The third-order valence-electron chi connectivity index (χ3n) is 6.17. The van der Waals surface area contributed by atoms with Gasteiger partial charge in [-0.2, -0.15) is 0 Å². The first-order valence-electron chi connectivity index (χ1n) is 10.9. The molecule has 1 fully saturated rings. The molecule has 0 saturated carbocycles. The maximum absolute atomic E-state index is 10.5. The molecule has 1 N–H and O–H groups in total. The van der Waals surface area contributed by atoms with Crippen molar-refractivity contribution in [2.24, 2.45) is 9.98 Å². The highest BCUT2D eigenvalue weighted by Crippen LogP contribution is 2.33. The molecule has 0 unspecified atom stereocenters. The molecule has 8 nitrogen and oxygen atoms in total. The fraction of sp³-hybridized carbons (Fsp3) is 0.435. The third kappa shape index (κ3) is 4.07. The number of nitrogens with zero attached hydrogens (tertiary/aromatic N) is 5. The predicted octanol–water partition coefficient (Wildman–Crippen LogP) is 3.23. The van der Waals surface area contributed by atoms with E-state index in [0.29, 0.717) is 48.5 Å². The van der Waals surface area contributed by atoms with E-state index in [1.807, 2.05) is 24.4 Å². The van der Waals surface area contributed by atoms with Gasteiger partial charge in [-0.1, -0.05) is 6.07 Å². The molecule has 0 spiro atoms. The van der Waals surface area contributed by atoms with Gasteiger partial charge < -0.3 is 19.1 Å². The van der Waals surface area contributed by atoms with Crippen molar-refractivity contribution < 1.29 is 19.1 Å². The first kappa shape index (κ1) is 19.8. The summed E-state index contributed by atoms with van der Waals surface area (Å²) in [5, 5.41) is 15.1. The number of allylic oxidation sites excluding steroid dienone is 2. The van der Waals surface area contributed by atoms with E-state index in [9.17, 15) is 5.11 Å². The number of quaternary nitrogens is 1. The Morgan fingerprint density at radius 2 is 2.10 bits per heavy atom. The van der Waals surface area contributed by atoms with E-state index >= 15 is 0 Å². The lowest BCUT2D eigenvalue weighted by Gasteiger charge is -2.37. The van der Waals surface area contributed by atoms with Crippen molar-refractivity contribution in [1.29, 1.82) is 0 Å². The minimum absolute atomic E-state index is 0.0561. The monoisotopic (exact) mass is 422 g/mol. The summed E-state index contributed by atoms with van der Waals surface area (Å²) in [5.41, 5.74) is 2.48. The topological polar surface area (TPSA) is 80.7 Å². The second kappa shape index (κ2) is 8.19. The van der Waals surface area contributed by atoms with Crippen LogP contribution in [0.1, 0.15) is 19.3 Å². The second-order valence-corrected chi connectivity index (χ2v) is 8.53. The zero-order valence-corrected chi connectivity index (χ0v) is 17.8. The molecule has 0 amide bonds. The summed E-state index contributed by atoms with van der Waals surface area (Å²) in [6.07, 6.45) is 9.07. The van der Waals surface area contributed by atoms with E-state index in [1.54, 1.807) is 16.7 Å². The summed E-state index contributed by atoms with van der Waals surface area (Å²) in [4.78, 5) is 9.12. The molecule has 162 valence electrons. The summed E-state index contributed by atoms with van der Waals surface area (Å²) < 4.78 is 14.6. The third-order valence-corrected chi connectivity index (χ3v) is 6.17. The quantitative estimate of drug-likeness (QED) is 0.593. The van der Waals surface area contributed by atoms with E-state index in [4.69, 9.17) is 14.5 Å². The van der Waals surface area contributed by atoms with Crippen molar-refractivity contribution in [1.82, 2.24) is 9.61 Å². The van der Waals surface area contributed by atoms with Crippen molar-refractivity contribution in [2.75, 3.05) is 46.4 Å².